The zero-order chi connectivity index (χ0) is 14.3. The van der Waals surface area contributed by atoms with E-state index in [1.54, 1.807) is 0 Å². The Morgan fingerprint density at radius 2 is 2.00 bits per heavy atom. The van der Waals surface area contributed by atoms with E-state index in [1.165, 1.54) is 0 Å². The Bertz CT molecular complexity index is 217. The molecule has 0 fully saturated rings. The first-order valence-electron chi connectivity index (χ1n) is 6.74. The summed E-state index contributed by atoms with van der Waals surface area (Å²) in [6.45, 7) is 5.60. The number of aliphatic hydroxyl groups is 1. The fourth-order valence-corrected chi connectivity index (χ4v) is 1.29. The summed E-state index contributed by atoms with van der Waals surface area (Å²) in [7, 11) is 0. The van der Waals surface area contributed by atoms with Gasteiger partial charge in [0, 0.05) is 26.2 Å². The van der Waals surface area contributed by atoms with E-state index in [0.717, 1.165) is 19.4 Å². The molecule has 0 rings (SSSR count). The molecule has 19 heavy (non-hydrogen) atoms. The van der Waals surface area contributed by atoms with Gasteiger partial charge in [-0.2, -0.15) is 0 Å². The summed E-state index contributed by atoms with van der Waals surface area (Å²) >= 11 is 0. The van der Waals surface area contributed by atoms with Crippen LogP contribution in [0.5, 0.6) is 0 Å². The number of nitrogens with one attached hydrogen (secondary N) is 2. The molecule has 7 nitrogen and oxygen atoms in total. The van der Waals surface area contributed by atoms with Crippen molar-refractivity contribution >= 4 is 6.03 Å². The number of carbonyl (C=O) groups excluding carboxylic acids is 1. The van der Waals surface area contributed by atoms with Gasteiger partial charge in [0.15, 0.2) is 0 Å². The second-order valence-electron chi connectivity index (χ2n) is 4.19. The van der Waals surface area contributed by atoms with E-state index in [9.17, 15) is 9.90 Å². The fraction of sp³-hybridized carbons (Fsp3) is 0.917. The van der Waals surface area contributed by atoms with Crippen LogP contribution in [-0.4, -0.2) is 63.3 Å². The molecule has 1 unspecified atom stereocenters. The second kappa shape index (κ2) is 13.5. The Morgan fingerprint density at radius 1 is 1.26 bits per heavy atom. The summed E-state index contributed by atoms with van der Waals surface area (Å²) in [6, 6.07) is -0.547. The van der Waals surface area contributed by atoms with Crippen LogP contribution in [0.1, 0.15) is 19.8 Å². The van der Waals surface area contributed by atoms with Gasteiger partial charge in [0.25, 0.3) is 0 Å². The van der Waals surface area contributed by atoms with E-state index < -0.39 is 12.1 Å². The number of nitrogens with two attached hydrogens (primary N) is 1. The minimum absolute atomic E-state index is 0.271. The average Bonchev–Trinajstić information content (AvgIpc) is 2.37. The molecule has 0 aromatic rings. The Labute approximate surface area is 114 Å². The molecule has 0 aromatic carbocycles. The van der Waals surface area contributed by atoms with Gasteiger partial charge in [-0.1, -0.05) is 13.3 Å². The molecule has 0 bridgehead atoms. The van der Waals surface area contributed by atoms with Gasteiger partial charge in [-0.3, -0.25) is 0 Å². The highest BCUT2D eigenvalue weighted by molar-refractivity contribution is 5.71. The number of carbonyl (C=O) groups is 1. The van der Waals surface area contributed by atoms with E-state index in [0.29, 0.717) is 32.8 Å². The van der Waals surface area contributed by atoms with Crippen molar-refractivity contribution in [2.75, 3.05) is 46.1 Å². The van der Waals surface area contributed by atoms with Crippen molar-refractivity contribution < 1.29 is 19.4 Å². The number of amides is 2. The topological polar surface area (TPSA) is 106 Å². The van der Waals surface area contributed by atoms with Gasteiger partial charge in [-0.15, -0.1) is 0 Å². The first kappa shape index (κ1) is 18.1. The molecule has 5 N–H and O–H groups in total. The zero-order valence-electron chi connectivity index (χ0n) is 11.7. The highest BCUT2D eigenvalue weighted by atomic mass is 16.5. The lowest BCUT2D eigenvalue weighted by Crippen LogP contribution is -2.38. The molecule has 0 aliphatic rings. The highest BCUT2D eigenvalue weighted by Crippen LogP contribution is 1.89. The second-order valence-corrected chi connectivity index (χ2v) is 4.19. The number of rotatable bonds is 13. The SMILES string of the molecule is CCCCOCCOCC(O)CNCCNC(N)=O. The largest absolute Gasteiger partial charge is 0.389 e. The van der Waals surface area contributed by atoms with E-state index >= 15 is 0 Å². The minimum atomic E-state index is -0.566. The summed E-state index contributed by atoms with van der Waals surface area (Å²) in [5.74, 6) is 0. The number of hydrogen-bond acceptors (Lipinski definition) is 5. The van der Waals surface area contributed by atoms with Crippen LogP contribution in [-0.2, 0) is 9.47 Å². The first-order valence-corrected chi connectivity index (χ1v) is 6.74. The maximum absolute atomic E-state index is 10.4. The molecule has 2 amide bonds. The number of primary amides is 1. The summed E-state index contributed by atoms with van der Waals surface area (Å²) in [6.07, 6.45) is 1.62. The molecule has 0 saturated heterocycles. The molecule has 0 aliphatic carbocycles. The molecule has 7 heteroatoms. The maximum Gasteiger partial charge on any atom is 0.312 e. The van der Waals surface area contributed by atoms with E-state index in [-0.39, 0.29) is 6.61 Å². The van der Waals surface area contributed by atoms with Crippen molar-refractivity contribution in [3.8, 4) is 0 Å². The highest BCUT2D eigenvalue weighted by Gasteiger charge is 2.03. The molecule has 0 spiro atoms. The Kier molecular flexibility index (Phi) is 12.9. The number of urea groups is 1. The number of ether oxygens (including phenoxy) is 2. The lowest BCUT2D eigenvalue weighted by atomic mass is 10.3. The molecule has 114 valence electrons. The van der Waals surface area contributed by atoms with Crippen LogP contribution >= 0.6 is 0 Å². The summed E-state index contributed by atoms with van der Waals surface area (Å²) in [4.78, 5) is 10.4. The summed E-state index contributed by atoms with van der Waals surface area (Å²) in [5, 5.41) is 15.0. The summed E-state index contributed by atoms with van der Waals surface area (Å²) in [5.41, 5.74) is 4.90. The molecule has 1 atom stereocenters. The lowest BCUT2D eigenvalue weighted by molar-refractivity contribution is 0.00403. The lowest BCUT2D eigenvalue weighted by Gasteiger charge is -2.12. The van der Waals surface area contributed by atoms with Gasteiger partial charge in [-0.05, 0) is 6.42 Å². The third-order valence-electron chi connectivity index (χ3n) is 2.31. The van der Waals surface area contributed by atoms with Crippen LogP contribution in [0.4, 0.5) is 4.79 Å². The number of aliphatic hydroxyl groups excluding tert-OH is 1. The van der Waals surface area contributed by atoms with Crippen LogP contribution in [0.2, 0.25) is 0 Å². The quantitative estimate of drug-likeness (QED) is 0.338. The molecular weight excluding hydrogens is 250 g/mol. The maximum atomic E-state index is 10.4. The van der Waals surface area contributed by atoms with Crippen LogP contribution in [0.15, 0.2) is 0 Å². The Balaban J connectivity index is 3.16. The Hall–Kier alpha value is -0.890. The van der Waals surface area contributed by atoms with Gasteiger partial charge >= 0.3 is 6.03 Å². The molecular formula is C12H27N3O4. The van der Waals surface area contributed by atoms with Gasteiger partial charge in [0.1, 0.15) is 0 Å². The van der Waals surface area contributed by atoms with Crippen LogP contribution in [0, 0.1) is 0 Å². The van der Waals surface area contributed by atoms with Crippen molar-refractivity contribution in [2.45, 2.75) is 25.9 Å². The molecule has 0 aromatic heterocycles. The van der Waals surface area contributed by atoms with Gasteiger partial charge in [0.2, 0.25) is 0 Å². The molecule has 0 aliphatic heterocycles. The van der Waals surface area contributed by atoms with Crippen molar-refractivity contribution in [3.05, 3.63) is 0 Å². The minimum Gasteiger partial charge on any atom is -0.389 e. The summed E-state index contributed by atoms with van der Waals surface area (Å²) < 4.78 is 10.6. The van der Waals surface area contributed by atoms with Crippen LogP contribution in [0.3, 0.4) is 0 Å². The van der Waals surface area contributed by atoms with Crippen molar-refractivity contribution in [2.24, 2.45) is 5.73 Å². The standard InChI is InChI=1S/C12H27N3O4/c1-2-3-6-18-7-8-19-10-11(16)9-14-4-5-15-12(13)17/h11,14,16H,2-10H2,1H3,(H3,13,15,17). The first-order chi connectivity index (χ1) is 9.16. The van der Waals surface area contributed by atoms with Gasteiger partial charge in [-0.25, -0.2) is 4.79 Å². The predicted molar refractivity (Wildman–Crippen MR) is 73.0 cm³/mol. The van der Waals surface area contributed by atoms with Crippen molar-refractivity contribution in [1.29, 1.82) is 0 Å². The van der Waals surface area contributed by atoms with E-state index in [2.05, 4.69) is 17.6 Å². The van der Waals surface area contributed by atoms with Crippen molar-refractivity contribution in [3.63, 3.8) is 0 Å². The monoisotopic (exact) mass is 277 g/mol. The van der Waals surface area contributed by atoms with E-state index in [4.69, 9.17) is 15.2 Å². The molecule has 0 heterocycles. The van der Waals surface area contributed by atoms with Crippen LogP contribution < -0.4 is 16.4 Å². The normalized spacial score (nSPS) is 12.3. The number of hydrogen-bond donors (Lipinski definition) is 4. The van der Waals surface area contributed by atoms with Gasteiger partial charge in [0.05, 0.1) is 25.9 Å². The number of unbranched alkanes of at least 4 members (excludes halogenated alkanes) is 1. The smallest absolute Gasteiger partial charge is 0.312 e. The van der Waals surface area contributed by atoms with Crippen LogP contribution in [0.25, 0.3) is 0 Å². The van der Waals surface area contributed by atoms with E-state index in [1.807, 2.05) is 0 Å². The average molecular weight is 277 g/mol. The third kappa shape index (κ3) is 15.1. The third-order valence-corrected chi connectivity index (χ3v) is 2.31. The molecule has 0 saturated carbocycles. The fourth-order valence-electron chi connectivity index (χ4n) is 1.29. The zero-order valence-corrected chi connectivity index (χ0v) is 11.7. The van der Waals surface area contributed by atoms with Crippen molar-refractivity contribution in [1.82, 2.24) is 10.6 Å². The van der Waals surface area contributed by atoms with Gasteiger partial charge < -0.3 is 30.9 Å². The molecule has 0 radical (unpaired) electrons. The predicted octanol–water partition coefficient (Wildman–Crippen LogP) is -0.561. The Morgan fingerprint density at radius 3 is 2.68 bits per heavy atom.